The molecule has 0 aliphatic rings. The molecule has 0 amide bonds. The lowest BCUT2D eigenvalue weighted by Gasteiger charge is -2.13. The molecule has 132 valence electrons. The van der Waals surface area contributed by atoms with E-state index in [9.17, 15) is 4.79 Å². The number of carbonyl (C=O) groups is 1. The number of allylic oxidation sites excluding steroid dienone is 1. The molecular weight excluding hydrogens is 330 g/mol. The predicted octanol–water partition coefficient (Wildman–Crippen LogP) is 4.16. The van der Waals surface area contributed by atoms with E-state index in [1.807, 2.05) is 30.3 Å². The zero-order chi connectivity index (χ0) is 18.5. The van der Waals surface area contributed by atoms with Gasteiger partial charge in [-0.1, -0.05) is 24.3 Å². The second-order valence-corrected chi connectivity index (χ2v) is 5.53. The minimum atomic E-state index is -0.162. The molecular formula is C21H19NO4. The molecule has 0 saturated carbocycles. The van der Waals surface area contributed by atoms with Gasteiger partial charge in [-0.05, 0) is 35.9 Å². The van der Waals surface area contributed by atoms with Crippen LogP contribution in [0.5, 0.6) is 17.2 Å². The number of nitrogens with zero attached hydrogens (tertiary/aromatic N) is 1. The summed E-state index contributed by atoms with van der Waals surface area (Å²) < 4.78 is 15.9. The third-order valence-corrected chi connectivity index (χ3v) is 4.05. The minimum absolute atomic E-state index is 0.162. The van der Waals surface area contributed by atoms with E-state index in [0.29, 0.717) is 22.8 Å². The van der Waals surface area contributed by atoms with Crippen LogP contribution in [-0.4, -0.2) is 32.1 Å². The fourth-order valence-corrected chi connectivity index (χ4v) is 2.75. The fourth-order valence-electron chi connectivity index (χ4n) is 2.75. The van der Waals surface area contributed by atoms with Crippen LogP contribution in [0.2, 0.25) is 0 Å². The van der Waals surface area contributed by atoms with Gasteiger partial charge < -0.3 is 14.2 Å². The van der Waals surface area contributed by atoms with E-state index in [2.05, 4.69) is 4.98 Å². The van der Waals surface area contributed by atoms with Crippen molar-refractivity contribution >= 4 is 22.8 Å². The molecule has 0 unspecified atom stereocenters. The number of benzene rings is 2. The molecule has 0 aliphatic carbocycles. The number of hydrogen-bond donors (Lipinski definition) is 0. The first kappa shape index (κ1) is 17.5. The molecule has 0 N–H and O–H groups in total. The molecule has 0 atom stereocenters. The highest BCUT2D eigenvalue weighted by atomic mass is 16.5. The molecule has 0 saturated heterocycles. The van der Waals surface area contributed by atoms with Crippen molar-refractivity contribution in [1.82, 2.24) is 4.98 Å². The summed E-state index contributed by atoms with van der Waals surface area (Å²) in [6, 6.07) is 12.9. The Kier molecular flexibility index (Phi) is 5.17. The summed E-state index contributed by atoms with van der Waals surface area (Å²) in [5, 5.41) is 0.990. The number of methoxy groups -OCH3 is 3. The Morgan fingerprint density at radius 2 is 1.65 bits per heavy atom. The van der Waals surface area contributed by atoms with Crippen LogP contribution in [0.1, 0.15) is 15.9 Å². The van der Waals surface area contributed by atoms with Crippen molar-refractivity contribution in [2.24, 2.45) is 0 Å². The molecule has 1 aromatic heterocycles. The van der Waals surface area contributed by atoms with E-state index < -0.39 is 0 Å². The van der Waals surface area contributed by atoms with Crippen LogP contribution in [0.4, 0.5) is 0 Å². The van der Waals surface area contributed by atoms with Gasteiger partial charge in [0.05, 0.1) is 26.8 Å². The molecule has 5 nitrogen and oxygen atoms in total. The number of ether oxygens (including phenoxy) is 3. The van der Waals surface area contributed by atoms with E-state index in [1.165, 1.54) is 27.4 Å². The van der Waals surface area contributed by atoms with Crippen molar-refractivity contribution in [2.45, 2.75) is 0 Å². The van der Waals surface area contributed by atoms with Gasteiger partial charge in [-0.15, -0.1) is 0 Å². The maximum atomic E-state index is 12.6. The van der Waals surface area contributed by atoms with Crippen LogP contribution in [0, 0.1) is 0 Å². The topological polar surface area (TPSA) is 57.7 Å². The van der Waals surface area contributed by atoms with Gasteiger partial charge in [0.25, 0.3) is 0 Å². The van der Waals surface area contributed by atoms with Crippen LogP contribution in [0.25, 0.3) is 17.0 Å². The highest BCUT2D eigenvalue weighted by molar-refractivity contribution is 6.08. The van der Waals surface area contributed by atoms with Crippen molar-refractivity contribution in [1.29, 1.82) is 0 Å². The maximum Gasteiger partial charge on any atom is 0.203 e. The third-order valence-electron chi connectivity index (χ3n) is 4.05. The number of fused-ring (bicyclic) bond motifs is 1. The highest BCUT2D eigenvalue weighted by Crippen LogP contribution is 2.38. The van der Waals surface area contributed by atoms with Crippen LogP contribution < -0.4 is 14.2 Å². The maximum absolute atomic E-state index is 12.6. The Morgan fingerprint density at radius 3 is 2.31 bits per heavy atom. The minimum Gasteiger partial charge on any atom is -0.493 e. The second kappa shape index (κ2) is 7.70. The van der Waals surface area contributed by atoms with Crippen LogP contribution in [-0.2, 0) is 0 Å². The third kappa shape index (κ3) is 3.37. The zero-order valence-corrected chi connectivity index (χ0v) is 14.9. The average Bonchev–Trinajstić information content (AvgIpc) is 2.70. The summed E-state index contributed by atoms with van der Waals surface area (Å²) in [5.74, 6) is 1.18. The quantitative estimate of drug-likeness (QED) is 0.494. The lowest BCUT2D eigenvalue weighted by Crippen LogP contribution is -2.00. The normalized spacial score (nSPS) is 10.9. The van der Waals surface area contributed by atoms with Crippen molar-refractivity contribution < 1.29 is 19.0 Å². The Labute approximate surface area is 151 Å². The first-order valence-electron chi connectivity index (χ1n) is 8.04. The SMILES string of the molecule is COc1cc(C(=O)/C=C/c2ccnc3ccccc23)cc(OC)c1OC. The van der Waals surface area contributed by atoms with E-state index in [1.54, 1.807) is 24.4 Å². The monoisotopic (exact) mass is 349 g/mol. The number of rotatable bonds is 6. The molecule has 26 heavy (non-hydrogen) atoms. The van der Waals surface area contributed by atoms with Gasteiger partial charge in [0, 0.05) is 17.1 Å². The first-order valence-corrected chi connectivity index (χ1v) is 8.04. The summed E-state index contributed by atoms with van der Waals surface area (Å²) in [6.07, 6.45) is 5.05. The van der Waals surface area contributed by atoms with Crippen LogP contribution >= 0.6 is 0 Å². The summed E-state index contributed by atoms with van der Waals surface area (Å²) in [5.41, 5.74) is 2.26. The number of carbonyl (C=O) groups excluding carboxylic acids is 1. The molecule has 2 aromatic carbocycles. The highest BCUT2D eigenvalue weighted by Gasteiger charge is 2.15. The Morgan fingerprint density at radius 1 is 0.962 bits per heavy atom. The molecule has 0 radical (unpaired) electrons. The van der Waals surface area contributed by atoms with Crippen molar-refractivity contribution in [3.05, 3.63) is 65.9 Å². The van der Waals surface area contributed by atoms with Crippen molar-refractivity contribution in [3.8, 4) is 17.2 Å². The van der Waals surface area contributed by atoms with Crippen molar-refractivity contribution in [3.63, 3.8) is 0 Å². The van der Waals surface area contributed by atoms with Gasteiger partial charge >= 0.3 is 0 Å². The summed E-state index contributed by atoms with van der Waals surface area (Å²) >= 11 is 0. The van der Waals surface area contributed by atoms with Gasteiger partial charge in [0.1, 0.15) is 0 Å². The fraction of sp³-hybridized carbons (Fsp3) is 0.143. The summed E-state index contributed by atoms with van der Waals surface area (Å²) in [7, 11) is 4.56. The summed E-state index contributed by atoms with van der Waals surface area (Å²) in [6.45, 7) is 0. The molecule has 5 heteroatoms. The zero-order valence-electron chi connectivity index (χ0n) is 14.9. The van der Waals surface area contributed by atoms with Crippen LogP contribution in [0.3, 0.4) is 0 Å². The van der Waals surface area contributed by atoms with Crippen LogP contribution in [0.15, 0.2) is 54.7 Å². The average molecular weight is 349 g/mol. The number of pyridine rings is 1. The van der Waals surface area contributed by atoms with Gasteiger partial charge in [-0.25, -0.2) is 0 Å². The summed E-state index contributed by atoms with van der Waals surface area (Å²) in [4.78, 5) is 17.0. The Bertz CT molecular complexity index is 948. The molecule has 1 heterocycles. The van der Waals surface area contributed by atoms with E-state index >= 15 is 0 Å². The molecule has 0 fully saturated rings. The van der Waals surface area contributed by atoms with Gasteiger partial charge in [0.2, 0.25) is 5.75 Å². The molecule has 0 spiro atoms. The number of hydrogen-bond acceptors (Lipinski definition) is 5. The van der Waals surface area contributed by atoms with Gasteiger partial charge in [0.15, 0.2) is 17.3 Å². The Hall–Kier alpha value is -3.34. The largest absolute Gasteiger partial charge is 0.493 e. The first-order chi connectivity index (χ1) is 12.7. The van der Waals surface area contributed by atoms with E-state index in [0.717, 1.165) is 16.5 Å². The smallest absolute Gasteiger partial charge is 0.203 e. The second-order valence-electron chi connectivity index (χ2n) is 5.53. The molecule has 0 aliphatic heterocycles. The van der Waals surface area contributed by atoms with E-state index in [-0.39, 0.29) is 5.78 Å². The number of aromatic nitrogens is 1. The standard InChI is InChI=1S/C21H19NO4/c1-24-19-12-15(13-20(25-2)21(19)26-3)18(23)9-8-14-10-11-22-17-7-5-4-6-16(14)17/h4-13H,1-3H3/b9-8+. The lowest BCUT2D eigenvalue weighted by molar-refractivity contribution is 0.104. The molecule has 3 rings (SSSR count). The Balaban J connectivity index is 1.96. The number of para-hydroxylation sites is 1. The molecule has 3 aromatic rings. The van der Waals surface area contributed by atoms with Crippen molar-refractivity contribution in [2.75, 3.05) is 21.3 Å². The van der Waals surface area contributed by atoms with Gasteiger partial charge in [-0.3, -0.25) is 9.78 Å². The molecule has 0 bridgehead atoms. The lowest BCUT2D eigenvalue weighted by atomic mass is 10.1. The van der Waals surface area contributed by atoms with Gasteiger partial charge in [-0.2, -0.15) is 0 Å². The number of ketones is 1. The predicted molar refractivity (Wildman–Crippen MR) is 101 cm³/mol. The van der Waals surface area contributed by atoms with E-state index in [4.69, 9.17) is 14.2 Å².